The molecule has 0 bridgehead atoms. The number of nitrogen functional groups attached to an aromatic ring is 1. The minimum absolute atomic E-state index is 0.173. The van der Waals surface area contributed by atoms with Crippen LogP contribution in [0.15, 0.2) is 36.7 Å². The summed E-state index contributed by atoms with van der Waals surface area (Å²) in [5.41, 5.74) is 7.71. The third-order valence-electron chi connectivity index (χ3n) is 3.05. The van der Waals surface area contributed by atoms with Crippen LogP contribution in [0.5, 0.6) is 0 Å². The van der Waals surface area contributed by atoms with Crippen molar-refractivity contribution in [3.8, 4) is 0 Å². The number of rotatable bonds is 4. The number of halogens is 2. The first-order valence-electron chi connectivity index (χ1n) is 5.92. The average molecular weight is 263 g/mol. The van der Waals surface area contributed by atoms with Gasteiger partial charge in [-0.3, -0.25) is 4.98 Å². The van der Waals surface area contributed by atoms with Crippen molar-refractivity contribution in [2.75, 3.05) is 12.8 Å². The maximum Gasteiger partial charge on any atom is 0.129 e. The molecular formula is C14H15F2N3. The van der Waals surface area contributed by atoms with E-state index in [4.69, 9.17) is 5.73 Å². The molecule has 1 aromatic carbocycles. The quantitative estimate of drug-likeness (QED) is 0.890. The van der Waals surface area contributed by atoms with Crippen LogP contribution >= 0.6 is 0 Å². The molecule has 5 heteroatoms. The molecule has 0 saturated carbocycles. The highest BCUT2D eigenvalue weighted by Crippen LogP contribution is 2.23. The van der Waals surface area contributed by atoms with Gasteiger partial charge < -0.3 is 11.1 Å². The van der Waals surface area contributed by atoms with Crippen LogP contribution in [0.3, 0.4) is 0 Å². The van der Waals surface area contributed by atoms with Gasteiger partial charge in [0.15, 0.2) is 0 Å². The first kappa shape index (κ1) is 13.4. The molecule has 1 atom stereocenters. The second-order valence-electron chi connectivity index (χ2n) is 4.29. The molecule has 0 aliphatic heterocycles. The van der Waals surface area contributed by atoms with Gasteiger partial charge in [-0.15, -0.1) is 0 Å². The van der Waals surface area contributed by atoms with Crippen molar-refractivity contribution in [1.82, 2.24) is 10.3 Å². The van der Waals surface area contributed by atoms with Gasteiger partial charge >= 0.3 is 0 Å². The number of aromatic nitrogens is 1. The van der Waals surface area contributed by atoms with Crippen LogP contribution in [0.25, 0.3) is 0 Å². The minimum Gasteiger partial charge on any atom is -0.398 e. The topological polar surface area (TPSA) is 50.9 Å². The van der Waals surface area contributed by atoms with Gasteiger partial charge in [0, 0.05) is 35.8 Å². The lowest BCUT2D eigenvalue weighted by Crippen LogP contribution is -2.20. The fourth-order valence-electron chi connectivity index (χ4n) is 1.98. The Hall–Kier alpha value is -2.01. The van der Waals surface area contributed by atoms with E-state index >= 15 is 0 Å². The highest BCUT2D eigenvalue weighted by molar-refractivity contribution is 5.46. The summed E-state index contributed by atoms with van der Waals surface area (Å²) < 4.78 is 26.5. The molecule has 1 aromatic heterocycles. The molecule has 1 unspecified atom stereocenters. The predicted molar refractivity (Wildman–Crippen MR) is 70.5 cm³/mol. The Kier molecular flexibility index (Phi) is 4.06. The maximum absolute atomic E-state index is 13.6. The Morgan fingerprint density at radius 1 is 1.32 bits per heavy atom. The molecule has 3 N–H and O–H groups in total. The van der Waals surface area contributed by atoms with Crippen LogP contribution in [0.2, 0.25) is 0 Å². The summed E-state index contributed by atoms with van der Waals surface area (Å²) in [5.74, 6) is -1.13. The van der Waals surface area contributed by atoms with Gasteiger partial charge in [0.1, 0.15) is 11.6 Å². The molecule has 0 aliphatic rings. The van der Waals surface area contributed by atoms with Crippen LogP contribution in [0.4, 0.5) is 14.5 Å². The summed E-state index contributed by atoms with van der Waals surface area (Å²) in [5, 5.41) is 3.07. The molecule has 2 rings (SSSR count). The standard InChI is InChI=1S/C14H15F2N3/c1-18-14(11-8-19-5-4-13(11)17)6-9-2-3-10(15)7-12(9)16/h2-5,7-8,14,18H,6H2,1H3,(H2,17,19). The summed E-state index contributed by atoms with van der Waals surface area (Å²) in [6.45, 7) is 0. The van der Waals surface area contributed by atoms with Crippen molar-refractivity contribution in [1.29, 1.82) is 0 Å². The molecule has 0 saturated heterocycles. The van der Waals surface area contributed by atoms with E-state index in [2.05, 4.69) is 10.3 Å². The molecule has 0 radical (unpaired) electrons. The maximum atomic E-state index is 13.6. The summed E-state index contributed by atoms with van der Waals surface area (Å²) in [4.78, 5) is 4.02. The van der Waals surface area contributed by atoms with E-state index in [1.54, 1.807) is 25.5 Å². The summed E-state index contributed by atoms with van der Waals surface area (Å²) >= 11 is 0. The van der Waals surface area contributed by atoms with Crippen LogP contribution in [-0.4, -0.2) is 12.0 Å². The van der Waals surface area contributed by atoms with Gasteiger partial charge in [0.05, 0.1) is 0 Å². The largest absolute Gasteiger partial charge is 0.398 e. The smallest absolute Gasteiger partial charge is 0.129 e. The highest BCUT2D eigenvalue weighted by atomic mass is 19.1. The SMILES string of the molecule is CNC(Cc1ccc(F)cc1F)c1cnccc1N. The van der Waals surface area contributed by atoms with Crippen molar-refractivity contribution in [2.45, 2.75) is 12.5 Å². The third-order valence-corrected chi connectivity index (χ3v) is 3.05. The van der Waals surface area contributed by atoms with Gasteiger partial charge in [0.2, 0.25) is 0 Å². The van der Waals surface area contributed by atoms with E-state index in [-0.39, 0.29) is 6.04 Å². The number of hydrogen-bond acceptors (Lipinski definition) is 3. The van der Waals surface area contributed by atoms with E-state index in [1.165, 1.54) is 12.1 Å². The Balaban J connectivity index is 2.27. The number of nitrogens with two attached hydrogens (primary N) is 1. The molecule has 2 aromatic rings. The van der Waals surface area contributed by atoms with E-state index in [1.807, 2.05) is 0 Å². The lowest BCUT2D eigenvalue weighted by molar-refractivity contribution is 0.540. The van der Waals surface area contributed by atoms with Crippen molar-refractivity contribution in [3.05, 3.63) is 59.4 Å². The molecule has 1 heterocycles. The van der Waals surface area contributed by atoms with E-state index in [0.717, 1.165) is 11.6 Å². The number of likely N-dealkylation sites (N-methyl/N-ethyl adjacent to an activating group) is 1. The van der Waals surface area contributed by atoms with Crippen LogP contribution in [0.1, 0.15) is 17.2 Å². The van der Waals surface area contributed by atoms with Crippen LogP contribution < -0.4 is 11.1 Å². The molecular weight excluding hydrogens is 248 g/mol. The lowest BCUT2D eigenvalue weighted by Gasteiger charge is -2.18. The summed E-state index contributed by atoms with van der Waals surface area (Å²) in [6, 6.07) is 5.10. The number of pyridine rings is 1. The molecule has 0 fully saturated rings. The first-order valence-corrected chi connectivity index (χ1v) is 5.92. The van der Waals surface area contributed by atoms with Gasteiger partial charge in [-0.05, 0) is 31.2 Å². The van der Waals surface area contributed by atoms with Crippen molar-refractivity contribution in [2.24, 2.45) is 0 Å². The number of hydrogen-bond donors (Lipinski definition) is 2. The zero-order valence-electron chi connectivity index (χ0n) is 10.5. The molecule has 3 nitrogen and oxygen atoms in total. The van der Waals surface area contributed by atoms with Crippen molar-refractivity contribution in [3.63, 3.8) is 0 Å². The molecule has 100 valence electrons. The van der Waals surface area contributed by atoms with Crippen LogP contribution in [0, 0.1) is 11.6 Å². The number of nitrogens with zero attached hydrogens (tertiary/aromatic N) is 1. The Morgan fingerprint density at radius 2 is 2.11 bits per heavy atom. The zero-order valence-corrected chi connectivity index (χ0v) is 10.5. The third kappa shape index (κ3) is 3.06. The monoisotopic (exact) mass is 263 g/mol. The molecule has 0 aliphatic carbocycles. The van der Waals surface area contributed by atoms with Gasteiger partial charge in [-0.1, -0.05) is 6.07 Å². The second kappa shape index (κ2) is 5.75. The minimum atomic E-state index is -0.580. The van der Waals surface area contributed by atoms with E-state index in [0.29, 0.717) is 17.7 Å². The average Bonchev–Trinajstić information content (AvgIpc) is 2.39. The summed E-state index contributed by atoms with van der Waals surface area (Å²) in [7, 11) is 1.76. The van der Waals surface area contributed by atoms with Gasteiger partial charge in [-0.25, -0.2) is 8.78 Å². The predicted octanol–water partition coefficient (Wildman–Crippen LogP) is 2.45. The molecule has 0 amide bonds. The van der Waals surface area contributed by atoms with Gasteiger partial charge in [0.25, 0.3) is 0 Å². The summed E-state index contributed by atoms with van der Waals surface area (Å²) in [6.07, 6.45) is 3.63. The Bertz CT molecular complexity index is 572. The number of nitrogens with one attached hydrogen (secondary N) is 1. The fraction of sp³-hybridized carbons (Fsp3) is 0.214. The number of benzene rings is 1. The zero-order chi connectivity index (χ0) is 13.8. The van der Waals surface area contributed by atoms with E-state index in [9.17, 15) is 8.78 Å². The fourth-order valence-corrected chi connectivity index (χ4v) is 1.98. The normalized spacial score (nSPS) is 12.4. The van der Waals surface area contributed by atoms with Crippen molar-refractivity contribution < 1.29 is 8.78 Å². The molecule has 0 spiro atoms. The first-order chi connectivity index (χ1) is 9.11. The Labute approximate surface area is 110 Å². The van der Waals surface area contributed by atoms with Crippen molar-refractivity contribution >= 4 is 5.69 Å². The van der Waals surface area contributed by atoms with Gasteiger partial charge in [-0.2, -0.15) is 0 Å². The lowest BCUT2D eigenvalue weighted by atomic mass is 9.99. The molecule has 19 heavy (non-hydrogen) atoms. The Morgan fingerprint density at radius 3 is 2.74 bits per heavy atom. The second-order valence-corrected chi connectivity index (χ2v) is 4.29. The number of anilines is 1. The van der Waals surface area contributed by atoms with Crippen LogP contribution in [-0.2, 0) is 6.42 Å². The van der Waals surface area contributed by atoms with E-state index < -0.39 is 11.6 Å². The highest BCUT2D eigenvalue weighted by Gasteiger charge is 2.15.